The Kier molecular flexibility index (Phi) is 12.5. The summed E-state index contributed by atoms with van der Waals surface area (Å²) in [4.78, 5) is 76.7. The normalized spacial score (nSPS) is 32.4. The molecule has 4 N–H and O–H groups in total. The second-order valence-corrected chi connectivity index (χ2v) is 22.5. The first-order valence-electron chi connectivity index (χ1n) is 23.1. The van der Waals surface area contributed by atoms with Crippen molar-refractivity contribution < 1.29 is 24.0 Å². The van der Waals surface area contributed by atoms with Crippen molar-refractivity contribution in [2.45, 2.75) is 187 Å². The molecule has 3 saturated heterocycles. The minimum absolute atomic E-state index is 0.0155. The molecule has 0 radical (unpaired) electrons. The van der Waals surface area contributed by atoms with E-state index >= 15 is 4.79 Å². The van der Waals surface area contributed by atoms with Crippen LogP contribution in [0.3, 0.4) is 0 Å². The lowest BCUT2D eigenvalue weighted by Gasteiger charge is -2.38. The van der Waals surface area contributed by atoms with Crippen molar-refractivity contribution in [2.75, 3.05) is 26.2 Å². The maximum atomic E-state index is 15.3. The topological polar surface area (TPSA) is 143 Å². The molecular weight excluding hydrogens is 763 g/mol. The first kappa shape index (κ1) is 44.4. The van der Waals surface area contributed by atoms with Gasteiger partial charge < -0.3 is 20.9 Å². The Morgan fingerprint density at radius 1 is 0.847 bits per heavy atom. The van der Waals surface area contributed by atoms with E-state index in [0.29, 0.717) is 31.8 Å². The lowest BCUT2D eigenvalue weighted by atomic mass is 9.73. The third-order valence-electron chi connectivity index (χ3n) is 16.7. The molecule has 4 aliphatic carbocycles. The van der Waals surface area contributed by atoms with Gasteiger partial charge in [-0.05, 0) is 114 Å². The molecule has 0 aromatic heterocycles. The second-order valence-electron chi connectivity index (χ2n) is 21.6. The van der Waals surface area contributed by atoms with Gasteiger partial charge in [-0.2, -0.15) is 0 Å². The quantitative estimate of drug-likeness (QED) is 0.126. The van der Waals surface area contributed by atoms with Gasteiger partial charge in [0.1, 0.15) is 23.7 Å². The van der Waals surface area contributed by atoms with E-state index in [1.54, 1.807) is 4.90 Å². The van der Waals surface area contributed by atoms with E-state index in [4.69, 9.17) is 0 Å². The standard InChI is InChI=1S/C46H75N7O5S/c1-29(2)33-26-46(33,41(58)50-59-51-22-13-14-23-51)49-38(55)34-27-45(43(8,9)44(45)20-16-21-44)28-53(34)40(57)37(42(5,6)7)48-39(56)36(31-17-11-10-12-18-31)47-35(54)25-32-19-15-24-52(32)30(3)4/h30-34,36-37H,1,10-28H2,2-9H3,(H,47,54)(H,48,56)(H,49,55)(H,50,58). The van der Waals surface area contributed by atoms with Crippen LogP contribution in [0.15, 0.2) is 12.2 Å². The second kappa shape index (κ2) is 16.6. The van der Waals surface area contributed by atoms with E-state index in [1.165, 1.54) is 12.1 Å². The number of fused-ring (bicyclic) bond motifs is 1. The van der Waals surface area contributed by atoms with Crippen LogP contribution in [-0.4, -0.2) is 106 Å². The number of nitrogens with zero attached hydrogens (tertiary/aromatic N) is 3. The number of nitrogens with one attached hydrogen (secondary N) is 4. The maximum Gasteiger partial charge on any atom is 0.257 e. The lowest BCUT2D eigenvalue weighted by Crippen LogP contribution is -2.62. The zero-order valence-corrected chi connectivity index (χ0v) is 38.3. The average molecular weight is 838 g/mol. The van der Waals surface area contributed by atoms with Crippen LogP contribution in [0.4, 0.5) is 0 Å². The third kappa shape index (κ3) is 8.00. The van der Waals surface area contributed by atoms with Crippen molar-refractivity contribution in [3.05, 3.63) is 12.2 Å². The van der Waals surface area contributed by atoms with Crippen molar-refractivity contribution in [3.8, 4) is 0 Å². The van der Waals surface area contributed by atoms with Crippen molar-refractivity contribution in [2.24, 2.45) is 33.5 Å². The first-order chi connectivity index (χ1) is 27.8. The van der Waals surface area contributed by atoms with E-state index in [9.17, 15) is 19.2 Å². The number of hydrogen-bond acceptors (Lipinski definition) is 8. The molecule has 0 aromatic carbocycles. The van der Waals surface area contributed by atoms with Crippen LogP contribution in [0.5, 0.6) is 0 Å². The smallest absolute Gasteiger partial charge is 0.257 e. The van der Waals surface area contributed by atoms with Gasteiger partial charge in [0.2, 0.25) is 23.6 Å². The molecule has 12 nitrogen and oxygen atoms in total. The molecule has 3 aliphatic heterocycles. The minimum Gasteiger partial charge on any atom is -0.344 e. The molecule has 0 aromatic rings. The highest BCUT2D eigenvalue weighted by Crippen LogP contribution is 2.88. The molecule has 2 spiro atoms. The molecule has 3 heterocycles. The van der Waals surface area contributed by atoms with Crippen LogP contribution in [0.1, 0.15) is 152 Å². The Bertz CT molecular complexity index is 1660. The van der Waals surface area contributed by atoms with Gasteiger partial charge in [0, 0.05) is 61.6 Å². The summed E-state index contributed by atoms with van der Waals surface area (Å²) < 4.78 is 5.18. The molecule has 0 bridgehead atoms. The minimum atomic E-state index is -1.12. The predicted octanol–water partition coefficient (Wildman–Crippen LogP) is 5.87. The van der Waals surface area contributed by atoms with Crippen molar-refractivity contribution in [3.63, 3.8) is 0 Å². The fourth-order valence-electron chi connectivity index (χ4n) is 12.8. The number of amides is 5. The molecular formula is C46H75N7O5S. The molecule has 7 fully saturated rings. The summed E-state index contributed by atoms with van der Waals surface area (Å²) in [6, 6.07) is -1.98. The fourth-order valence-corrected chi connectivity index (χ4v) is 13.6. The summed E-state index contributed by atoms with van der Waals surface area (Å²) >= 11 is 1.31. The number of carbonyl (C=O) groups excluding carboxylic acids is 5. The highest BCUT2D eigenvalue weighted by molar-refractivity contribution is 7.95. The SMILES string of the molecule is C=C(C)C1CC1(NC(=O)C1CC2(CN1C(=O)C(NC(=O)C(NC(=O)CC1CCCN1C(C)C)C1CCCCC1)C(C)(C)C)C(C)(C)C21CCC1)C(=O)NSN1CCCC1. The number of rotatable bonds is 14. The molecule has 59 heavy (non-hydrogen) atoms. The van der Waals surface area contributed by atoms with Crippen LogP contribution < -0.4 is 20.7 Å². The van der Waals surface area contributed by atoms with Crippen LogP contribution >= 0.6 is 12.1 Å². The summed E-state index contributed by atoms with van der Waals surface area (Å²) in [7, 11) is 0. The Hall–Kier alpha value is -2.64. The van der Waals surface area contributed by atoms with Crippen molar-refractivity contribution in [1.82, 2.24) is 34.8 Å². The van der Waals surface area contributed by atoms with Crippen molar-refractivity contribution in [1.29, 1.82) is 0 Å². The zero-order valence-electron chi connectivity index (χ0n) is 37.5. The molecule has 13 heteroatoms. The van der Waals surface area contributed by atoms with Crippen molar-refractivity contribution >= 4 is 41.7 Å². The summed E-state index contributed by atoms with van der Waals surface area (Å²) in [5.41, 5.74) is -1.21. The van der Waals surface area contributed by atoms with Gasteiger partial charge >= 0.3 is 0 Å². The lowest BCUT2D eigenvalue weighted by molar-refractivity contribution is -0.145. The van der Waals surface area contributed by atoms with E-state index in [1.807, 2.05) is 27.7 Å². The van der Waals surface area contributed by atoms with Gasteiger partial charge in [-0.25, -0.2) is 4.31 Å². The zero-order chi connectivity index (χ0) is 42.7. The molecule has 7 atom stereocenters. The summed E-state index contributed by atoms with van der Waals surface area (Å²) in [6.07, 6.45) is 13.6. The fraction of sp³-hybridized carbons (Fsp3) is 0.848. The Labute approximate surface area is 358 Å². The average Bonchev–Trinajstić information content (AvgIpc) is 3.55. The van der Waals surface area contributed by atoms with E-state index < -0.39 is 29.1 Å². The highest BCUT2D eigenvalue weighted by Gasteiger charge is 2.85. The monoisotopic (exact) mass is 838 g/mol. The summed E-state index contributed by atoms with van der Waals surface area (Å²) in [5, 5.41) is 9.62. The predicted molar refractivity (Wildman–Crippen MR) is 232 cm³/mol. The maximum absolute atomic E-state index is 15.3. The largest absolute Gasteiger partial charge is 0.344 e. The molecule has 4 saturated carbocycles. The van der Waals surface area contributed by atoms with Gasteiger partial charge in [0.15, 0.2) is 0 Å². The third-order valence-corrected chi connectivity index (χ3v) is 17.6. The molecule has 5 amide bonds. The van der Waals surface area contributed by atoms with Gasteiger partial charge in [-0.1, -0.05) is 72.5 Å². The van der Waals surface area contributed by atoms with Gasteiger partial charge in [-0.3, -0.25) is 33.6 Å². The van der Waals surface area contributed by atoms with Crippen LogP contribution in [0, 0.1) is 33.5 Å². The Morgan fingerprint density at radius 3 is 2.08 bits per heavy atom. The number of hydrogen-bond donors (Lipinski definition) is 4. The van der Waals surface area contributed by atoms with Crippen LogP contribution in [-0.2, 0) is 24.0 Å². The molecule has 330 valence electrons. The van der Waals surface area contributed by atoms with E-state index in [0.717, 1.165) is 102 Å². The highest BCUT2D eigenvalue weighted by atomic mass is 32.2. The summed E-state index contributed by atoms with van der Waals surface area (Å²) in [6.45, 7) is 24.1. The first-order valence-corrected chi connectivity index (χ1v) is 23.9. The van der Waals surface area contributed by atoms with Gasteiger partial charge in [-0.15, -0.1) is 0 Å². The number of carbonyl (C=O) groups is 5. The van der Waals surface area contributed by atoms with Crippen LogP contribution in [0.25, 0.3) is 0 Å². The van der Waals surface area contributed by atoms with Gasteiger partial charge in [0.25, 0.3) is 5.91 Å². The summed E-state index contributed by atoms with van der Waals surface area (Å²) in [5.74, 6) is -1.47. The Morgan fingerprint density at radius 2 is 1.53 bits per heavy atom. The molecule has 7 unspecified atom stereocenters. The van der Waals surface area contributed by atoms with E-state index in [2.05, 4.69) is 64.2 Å². The Balaban J connectivity index is 1.13. The van der Waals surface area contributed by atoms with Gasteiger partial charge in [0.05, 0.1) is 0 Å². The molecule has 7 aliphatic rings. The number of likely N-dealkylation sites (tertiary alicyclic amines) is 2. The van der Waals surface area contributed by atoms with E-state index in [-0.39, 0.29) is 63.7 Å². The molecule has 7 rings (SSSR count). The van der Waals surface area contributed by atoms with Crippen LogP contribution in [0.2, 0.25) is 0 Å².